The topological polar surface area (TPSA) is 72.3 Å². The van der Waals surface area contributed by atoms with Gasteiger partial charge in [0.05, 0.1) is 11.1 Å². The zero-order valence-electron chi connectivity index (χ0n) is 25.2. The average Bonchev–Trinajstić information content (AvgIpc) is 3.67. The number of nitrogens with zero attached hydrogens (tertiary/aromatic N) is 6. The predicted molar refractivity (Wildman–Crippen MR) is 165 cm³/mol. The van der Waals surface area contributed by atoms with Gasteiger partial charge < -0.3 is 14.4 Å². The summed E-state index contributed by atoms with van der Waals surface area (Å²) in [7, 11) is 2.80. The smallest absolute Gasteiger partial charge is 0.282 e. The Morgan fingerprint density at radius 1 is 0.953 bits per heavy atom. The van der Waals surface area contributed by atoms with Crippen LogP contribution in [0.3, 0.4) is 0 Å². The van der Waals surface area contributed by atoms with Gasteiger partial charge in [-0.3, -0.25) is 9.69 Å². The number of carbonyl (C=O) groups excluding carboxylic acids is 1. The van der Waals surface area contributed by atoms with Crippen LogP contribution in [0.25, 0.3) is 10.9 Å². The predicted octanol–water partition coefficient (Wildman–Crippen LogP) is 3.04. The van der Waals surface area contributed by atoms with Gasteiger partial charge in [-0.05, 0) is 56.6 Å². The van der Waals surface area contributed by atoms with E-state index in [-0.39, 0.29) is 29.7 Å². The molecule has 4 aliphatic rings. The fraction of sp³-hybridized carbons (Fsp3) is 0.531. The van der Waals surface area contributed by atoms with Crippen LogP contribution in [-0.4, -0.2) is 115 Å². The summed E-state index contributed by atoms with van der Waals surface area (Å²) < 4.78 is 45.8. The van der Waals surface area contributed by atoms with Gasteiger partial charge in [0.15, 0.2) is 0 Å². The minimum absolute atomic E-state index is 0.0606. The Balaban J connectivity index is 1.15. The maximum Gasteiger partial charge on any atom is 0.282 e. The number of aryl methyl sites for hydroxylation is 2. The highest BCUT2D eigenvalue weighted by molar-refractivity contribution is 7.86. The lowest BCUT2D eigenvalue weighted by Gasteiger charge is -2.39. The fourth-order valence-electron chi connectivity index (χ4n) is 7.81. The number of likely N-dealkylation sites (N-methyl/N-ethyl adjacent to an activating group) is 1. The Morgan fingerprint density at radius 3 is 2.37 bits per heavy atom. The molecular formula is C32H41FN6O3S. The van der Waals surface area contributed by atoms with Crippen LogP contribution in [0.4, 0.5) is 4.39 Å². The summed E-state index contributed by atoms with van der Waals surface area (Å²) in [5.74, 6) is 0.0434. The summed E-state index contributed by atoms with van der Waals surface area (Å²) >= 11 is 0. The highest BCUT2D eigenvalue weighted by Crippen LogP contribution is 2.44. The van der Waals surface area contributed by atoms with Crippen molar-refractivity contribution in [2.24, 2.45) is 7.05 Å². The molecule has 3 atom stereocenters. The Morgan fingerprint density at radius 2 is 1.67 bits per heavy atom. The van der Waals surface area contributed by atoms with Crippen molar-refractivity contribution in [1.82, 2.24) is 27.9 Å². The average molecular weight is 609 g/mol. The van der Waals surface area contributed by atoms with E-state index in [1.165, 1.54) is 14.2 Å². The number of rotatable bonds is 6. The molecule has 3 fully saturated rings. The number of aromatic nitrogens is 1. The first-order valence-corrected chi connectivity index (χ1v) is 16.8. The largest absolute Gasteiger partial charge is 0.350 e. The Hall–Kier alpha value is -2.83. The lowest BCUT2D eigenvalue weighted by Crippen LogP contribution is -2.56. The van der Waals surface area contributed by atoms with E-state index in [4.69, 9.17) is 0 Å². The quantitative estimate of drug-likeness (QED) is 0.431. The molecule has 3 aliphatic heterocycles. The number of hydrogen-bond acceptors (Lipinski definition) is 5. The molecular weight excluding hydrogens is 567 g/mol. The van der Waals surface area contributed by atoms with Crippen molar-refractivity contribution < 1.29 is 17.6 Å². The highest BCUT2D eigenvalue weighted by Gasteiger charge is 2.42. The minimum Gasteiger partial charge on any atom is -0.350 e. The van der Waals surface area contributed by atoms with Gasteiger partial charge in [-0.25, -0.2) is 4.39 Å². The van der Waals surface area contributed by atoms with E-state index in [9.17, 15) is 17.6 Å². The van der Waals surface area contributed by atoms with Crippen LogP contribution in [0.1, 0.15) is 51.8 Å². The van der Waals surface area contributed by atoms with Crippen LogP contribution in [0.2, 0.25) is 0 Å². The van der Waals surface area contributed by atoms with Gasteiger partial charge in [0, 0.05) is 94.6 Å². The summed E-state index contributed by atoms with van der Waals surface area (Å²) in [5, 5.41) is 1.07. The number of fused-ring (bicyclic) bond motifs is 2. The lowest BCUT2D eigenvalue weighted by molar-refractivity contribution is 0.0693. The first kappa shape index (κ1) is 28.9. The second-order valence-corrected chi connectivity index (χ2v) is 14.7. The van der Waals surface area contributed by atoms with Gasteiger partial charge in [-0.1, -0.05) is 24.3 Å². The highest BCUT2D eigenvalue weighted by atomic mass is 32.2. The molecule has 43 heavy (non-hydrogen) atoms. The number of amides is 1. The molecule has 230 valence electrons. The van der Waals surface area contributed by atoms with E-state index >= 15 is 0 Å². The van der Waals surface area contributed by atoms with Gasteiger partial charge in [0.2, 0.25) is 0 Å². The van der Waals surface area contributed by atoms with Gasteiger partial charge in [-0.15, -0.1) is 0 Å². The van der Waals surface area contributed by atoms with Crippen LogP contribution in [0.5, 0.6) is 0 Å². The van der Waals surface area contributed by atoms with E-state index in [1.54, 1.807) is 11.0 Å². The maximum absolute atomic E-state index is 15.0. The second-order valence-electron chi connectivity index (χ2n) is 12.8. The summed E-state index contributed by atoms with van der Waals surface area (Å²) in [5.41, 5.74) is 4.76. The monoisotopic (exact) mass is 608 g/mol. The molecule has 1 amide bonds. The molecule has 4 heterocycles. The standard InChI is InChI=1S/C32H41FN6O3S/c1-34(2)29-21-37(28-12-11-22-7-4-10-27(33)30(22)28)20-26(29)25-19-35(3)31-23(25)8-5-9-24(31)32(40)36-15-17-39(18-16-36)43(41,42)38-13-6-14-38/h4-5,7-10,19,26,28-29H,6,11-18,20-21H2,1-3H3/t26-,28?,29+/m1/s1. The summed E-state index contributed by atoms with van der Waals surface area (Å²) in [4.78, 5) is 20.4. The van der Waals surface area contributed by atoms with E-state index < -0.39 is 10.2 Å². The number of benzene rings is 2. The number of para-hydroxylation sites is 1. The molecule has 0 spiro atoms. The molecule has 9 nitrogen and oxygen atoms in total. The molecule has 0 saturated carbocycles. The first-order valence-electron chi connectivity index (χ1n) is 15.5. The van der Waals surface area contributed by atoms with E-state index in [0.717, 1.165) is 54.4 Å². The number of likely N-dealkylation sites (tertiary alicyclic amines) is 1. The van der Waals surface area contributed by atoms with Gasteiger partial charge in [0.1, 0.15) is 5.82 Å². The van der Waals surface area contributed by atoms with E-state index in [1.807, 2.05) is 25.2 Å². The summed E-state index contributed by atoms with van der Waals surface area (Å²) in [6.07, 6.45) is 4.92. The molecule has 7 rings (SSSR count). The van der Waals surface area contributed by atoms with Crippen LogP contribution in [0, 0.1) is 5.82 Å². The molecule has 2 aromatic carbocycles. The number of hydrogen-bond donors (Lipinski definition) is 0. The van der Waals surface area contributed by atoms with Crippen LogP contribution in [-0.2, 0) is 23.7 Å². The number of carbonyl (C=O) groups is 1. The van der Waals surface area contributed by atoms with Crippen molar-refractivity contribution >= 4 is 27.0 Å². The molecule has 0 bridgehead atoms. The van der Waals surface area contributed by atoms with Crippen molar-refractivity contribution in [1.29, 1.82) is 0 Å². The summed E-state index contributed by atoms with van der Waals surface area (Å²) in [6.45, 7) is 4.22. The van der Waals surface area contributed by atoms with E-state index in [2.05, 4.69) is 46.8 Å². The number of halogens is 1. The van der Waals surface area contributed by atoms with Crippen LogP contribution < -0.4 is 0 Å². The van der Waals surface area contributed by atoms with Crippen molar-refractivity contribution in [2.45, 2.75) is 37.3 Å². The molecule has 1 aromatic heterocycles. The molecule has 0 radical (unpaired) electrons. The lowest BCUT2D eigenvalue weighted by atomic mass is 9.92. The zero-order chi connectivity index (χ0) is 30.0. The first-order chi connectivity index (χ1) is 20.6. The Labute approximate surface area is 253 Å². The maximum atomic E-state index is 15.0. The van der Waals surface area contributed by atoms with E-state index in [0.29, 0.717) is 44.8 Å². The number of piperazine rings is 1. The zero-order valence-corrected chi connectivity index (χ0v) is 26.1. The fourth-order valence-corrected chi connectivity index (χ4v) is 9.49. The van der Waals surface area contributed by atoms with Gasteiger partial charge in [0.25, 0.3) is 16.1 Å². The minimum atomic E-state index is -3.43. The van der Waals surface area contributed by atoms with Crippen molar-refractivity contribution in [3.63, 3.8) is 0 Å². The molecule has 0 N–H and O–H groups in total. The Kier molecular flexibility index (Phi) is 7.37. The van der Waals surface area contributed by atoms with Crippen LogP contribution >= 0.6 is 0 Å². The Bertz CT molecular complexity index is 1660. The third-order valence-electron chi connectivity index (χ3n) is 10.2. The normalized spacial score (nSPS) is 25.5. The molecule has 3 saturated heterocycles. The third kappa shape index (κ3) is 4.80. The molecule has 11 heteroatoms. The van der Waals surface area contributed by atoms with Crippen LogP contribution in [0.15, 0.2) is 42.6 Å². The molecule has 3 aromatic rings. The molecule has 1 unspecified atom stereocenters. The summed E-state index contributed by atoms with van der Waals surface area (Å²) in [6, 6.07) is 11.8. The van der Waals surface area contributed by atoms with Crippen molar-refractivity contribution in [3.8, 4) is 0 Å². The van der Waals surface area contributed by atoms with Crippen molar-refractivity contribution in [2.75, 3.05) is 66.5 Å². The molecule has 1 aliphatic carbocycles. The van der Waals surface area contributed by atoms with Crippen molar-refractivity contribution in [3.05, 3.63) is 70.7 Å². The second kappa shape index (κ2) is 11.0. The SMILES string of the molecule is CN(C)[C@H]1CN(C2CCc3cccc(F)c32)C[C@@H]1c1cn(C)c2c(C(=O)N3CCN(S(=O)(=O)N4CCC4)CC3)cccc12. The van der Waals surface area contributed by atoms with Gasteiger partial charge in [-0.2, -0.15) is 17.0 Å². The van der Waals surface area contributed by atoms with Gasteiger partial charge >= 0.3 is 0 Å². The third-order valence-corrected chi connectivity index (χ3v) is 12.3.